The van der Waals surface area contributed by atoms with Gasteiger partial charge in [-0.05, 0) is 49.4 Å². The highest BCUT2D eigenvalue weighted by molar-refractivity contribution is 5.94. The number of benzene rings is 1. The highest BCUT2D eigenvalue weighted by atomic mass is 16.5. The summed E-state index contributed by atoms with van der Waals surface area (Å²) in [5, 5.41) is 3.38. The molecule has 0 bridgehead atoms. The summed E-state index contributed by atoms with van der Waals surface area (Å²) in [5.74, 6) is 2.82. The van der Waals surface area contributed by atoms with Crippen LogP contribution in [-0.2, 0) is 6.42 Å². The number of piperidine rings is 1. The Morgan fingerprint density at radius 3 is 2.96 bits per heavy atom. The van der Waals surface area contributed by atoms with E-state index in [-0.39, 0.29) is 5.91 Å². The molecule has 1 amide bonds. The molecule has 3 heterocycles. The number of rotatable bonds is 5. The second-order valence-electron chi connectivity index (χ2n) is 7.49. The second-order valence-corrected chi connectivity index (χ2v) is 7.49. The van der Waals surface area contributed by atoms with E-state index in [0.29, 0.717) is 18.1 Å². The van der Waals surface area contributed by atoms with Crippen molar-refractivity contribution in [1.82, 2.24) is 9.88 Å². The van der Waals surface area contributed by atoms with Gasteiger partial charge in [0.05, 0.1) is 13.7 Å². The molecule has 6 nitrogen and oxygen atoms in total. The predicted molar refractivity (Wildman–Crippen MR) is 108 cm³/mol. The third kappa shape index (κ3) is 4.06. The molecule has 4 rings (SSSR count). The van der Waals surface area contributed by atoms with Crippen LogP contribution in [-0.4, -0.2) is 49.1 Å². The summed E-state index contributed by atoms with van der Waals surface area (Å²) in [4.78, 5) is 19.0. The van der Waals surface area contributed by atoms with Crippen molar-refractivity contribution >= 4 is 11.7 Å². The molecule has 148 valence electrons. The third-order valence-electron chi connectivity index (χ3n) is 5.47. The summed E-state index contributed by atoms with van der Waals surface area (Å²) in [7, 11) is 1.66. The third-order valence-corrected chi connectivity index (χ3v) is 5.47. The van der Waals surface area contributed by atoms with Gasteiger partial charge in [0.25, 0.3) is 5.91 Å². The first-order valence-electron chi connectivity index (χ1n) is 10.0. The SMILES string of the molecule is COc1cccc2c1OC[C@@H](CNc1cc(C(=O)N3CCCCC3)ccn1)C2. The summed E-state index contributed by atoms with van der Waals surface area (Å²) in [6.45, 7) is 3.08. The Hall–Kier alpha value is -2.76. The van der Waals surface area contributed by atoms with E-state index >= 15 is 0 Å². The molecule has 1 aromatic carbocycles. The Labute approximate surface area is 165 Å². The monoisotopic (exact) mass is 381 g/mol. The summed E-state index contributed by atoms with van der Waals surface area (Å²) in [6, 6.07) is 9.66. The first kappa shape index (κ1) is 18.6. The van der Waals surface area contributed by atoms with Crippen LogP contribution in [0.2, 0.25) is 0 Å². The van der Waals surface area contributed by atoms with Crippen LogP contribution in [0, 0.1) is 5.92 Å². The first-order chi connectivity index (χ1) is 13.7. The molecule has 1 atom stereocenters. The summed E-state index contributed by atoms with van der Waals surface area (Å²) < 4.78 is 11.3. The number of aromatic nitrogens is 1. The number of nitrogens with zero attached hydrogens (tertiary/aromatic N) is 2. The van der Waals surface area contributed by atoms with E-state index in [1.54, 1.807) is 19.4 Å². The van der Waals surface area contributed by atoms with Crippen molar-refractivity contribution in [2.75, 3.05) is 38.7 Å². The van der Waals surface area contributed by atoms with E-state index < -0.39 is 0 Å². The zero-order chi connectivity index (χ0) is 19.3. The number of amides is 1. The smallest absolute Gasteiger partial charge is 0.254 e. The number of hydrogen-bond acceptors (Lipinski definition) is 5. The number of methoxy groups -OCH3 is 1. The fourth-order valence-electron chi connectivity index (χ4n) is 3.94. The molecular weight excluding hydrogens is 354 g/mol. The van der Waals surface area contributed by atoms with Crippen LogP contribution in [0.5, 0.6) is 11.5 Å². The topological polar surface area (TPSA) is 63.7 Å². The van der Waals surface area contributed by atoms with E-state index in [1.807, 2.05) is 23.1 Å². The number of hydrogen-bond donors (Lipinski definition) is 1. The second kappa shape index (κ2) is 8.50. The molecule has 2 aliphatic rings. The molecule has 0 unspecified atom stereocenters. The normalized spacial score (nSPS) is 18.8. The molecule has 28 heavy (non-hydrogen) atoms. The fourth-order valence-corrected chi connectivity index (χ4v) is 3.94. The Bertz CT molecular complexity index is 834. The minimum atomic E-state index is 0.104. The van der Waals surface area contributed by atoms with Crippen LogP contribution in [0.3, 0.4) is 0 Å². The fraction of sp³-hybridized carbons (Fsp3) is 0.455. The minimum Gasteiger partial charge on any atom is -0.493 e. The van der Waals surface area contributed by atoms with Gasteiger partial charge < -0.3 is 19.7 Å². The van der Waals surface area contributed by atoms with Crippen molar-refractivity contribution in [3.63, 3.8) is 0 Å². The molecule has 1 saturated heterocycles. The van der Waals surface area contributed by atoms with Crippen molar-refractivity contribution in [2.24, 2.45) is 5.92 Å². The van der Waals surface area contributed by atoms with Crippen LogP contribution in [0.1, 0.15) is 35.2 Å². The van der Waals surface area contributed by atoms with E-state index in [0.717, 1.165) is 56.2 Å². The molecule has 0 aliphatic carbocycles. The average Bonchev–Trinajstić information content (AvgIpc) is 2.77. The number of fused-ring (bicyclic) bond motifs is 1. The van der Waals surface area contributed by atoms with Crippen molar-refractivity contribution < 1.29 is 14.3 Å². The van der Waals surface area contributed by atoms with E-state index in [9.17, 15) is 4.79 Å². The zero-order valence-electron chi connectivity index (χ0n) is 16.3. The van der Waals surface area contributed by atoms with Crippen molar-refractivity contribution in [1.29, 1.82) is 0 Å². The Morgan fingerprint density at radius 1 is 1.29 bits per heavy atom. The lowest BCUT2D eigenvalue weighted by atomic mass is 9.96. The van der Waals surface area contributed by atoms with Crippen LogP contribution in [0.15, 0.2) is 36.5 Å². The number of carbonyl (C=O) groups is 1. The quantitative estimate of drug-likeness (QED) is 0.860. The Morgan fingerprint density at radius 2 is 2.14 bits per heavy atom. The van der Waals surface area contributed by atoms with Crippen LogP contribution >= 0.6 is 0 Å². The molecule has 1 aromatic heterocycles. The van der Waals surface area contributed by atoms with Crippen molar-refractivity contribution in [3.05, 3.63) is 47.7 Å². The molecular formula is C22H27N3O3. The highest BCUT2D eigenvalue weighted by Crippen LogP contribution is 2.36. The molecule has 1 N–H and O–H groups in total. The highest BCUT2D eigenvalue weighted by Gasteiger charge is 2.23. The molecule has 2 aromatic rings. The van der Waals surface area contributed by atoms with E-state index in [1.165, 1.54) is 12.0 Å². The van der Waals surface area contributed by atoms with Gasteiger partial charge in [0.1, 0.15) is 5.82 Å². The van der Waals surface area contributed by atoms with Gasteiger partial charge in [0.2, 0.25) is 0 Å². The first-order valence-corrected chi connectivity index (χ1v) is 10.0. The number of carbonyl (C=O) groups excluding carboxylic acids is 1. The molecule has 0 spiro atoms. The van der Waals surface area contributed by atoms with Gasteiger partial charge in [-0.25, -0.2) is 4.98 Å². The van der Waals surface area contributed by atoms with Gasteiger partial charge >= 0.3 is 0 Å². The standard InChI is InChI=1S/C22H27N3O3/c1-27-19-7-5-6-17-12-16(15-28-21(17)19)14-24-20-13-18(8-9-23-20)22(26)25-10-3-2-4-11-25/h5-9,13,16H,2-4,10-12,14-15H2,1H3,(H,23,24)/t16-/m1/s1. The summed E-state index contributed by atoms with van der Waals surface area (Å²) >= 11 is 0. The molecule has 2 aliphatic heterocycles. The lowest BCUT2D eigenvalue weighted by Crippen LogP contribution is -2.35. The van der Waals surface area contributed by atoms with Gasteiger partial charge in [0, 0.05) is 37.3 Å². The van der Waals surface area contributed by atoms with E-state index in [4.69, 9.17) is 9.47 Å². The molecule has 0 radical (unpaired) electrons. The predicted octanol–water partition coefficient (Wildman–Crippen LogP) is 3.38. The number of ether oxygens (including phenoxy) is 2. The van der Waals surface area contributed by atoms with Crippen LogP contribution in [0.25, 0.3) is 0 Å². The average molecular weight is 381 g/mol. The van der Waals surface area contributed by atoms with Crippen LogP contribution in [0.4, 0.5) is 5.82 Å². The number of nitrogens with one attached hydrogen (secondary N) is 1. The maximum atomic E-state index is 12.7. The lowest BCUT2D eigenvalue weighted by Gasteiger charge is -2.27. The minimum absolute atomic E-state index is 0.104. The Kier molecular flexibility index (Phi) is 5.65. The van der Waals surface area contributed by atoms with Gasteiger partial charge in [-0.3, -0.25) is 4.79 Å². The molecule has 1 fully saturated rings. The zero-order valence-corrected chi connectivity index (χ0v) is 16.3. The van der Waals surface area contributed by atoms with Gasteiger partial charge in [-0.2, -0.15) is 0 Å². The number of para-hydroxylation sites is 1. The molecule has 6 heteroatoms. The van der Waals surface area contributed by atoms with Gasteiger partial charge in [0.15, 0.2) is 11.5 Å². The molecule has 0 saturated carbocycles. The van der Waals surface area contributed by atoms with E-state index in [2.05, 4.69) is 16.4 Å². The largest absolute Gasteiger partial charge is 0.493 e. The summed E-state index contributed by atoms with van der Waals surface area (Å²) in [6.07, 6.45) is 6.03. The van der Waals surface area contributed by atoms with Crippen molar-refractivity contribution in [3.8, 4) is 11.5 Å². The lowest BCUT2D eigenvalue weighted by molar-refractivity contribution is 0.0724. The maximum Gasteiger partial charge on any atom is 0.254 e. The van der Waals surface area contributed by atoms with Crippen molar-refractivity contribution in [2.45, 2.75) is 25.7 Å². The van der Waals surface area contributed by atoms with Gasteiger partial charge in [-0.1, -0.05) is 12.1 Å². The Balaban J connectivity index is 1.37. The maximum absolute atomic E-state index is 12.7. The van der Waals surface area contributed by atoms with Gasteiger partial charge in [-0.15, -0.1) is 0 Å². The van der Waals surface area contributed by atoms with Crippen LogP contribution < -0.4 is 14.8 Å². The number of anilines is 1. The number of pyridine rings is 1. The number of likely N-dealkylation sites (tertiary alicyclic amines) is 1. The summed E-state index contributed by atoms with van der Waals surface area (Å²) in [5.41, 5.74) is 1.87.